The zero-order valence-corrected chi connectivity index (χ0v) is 17.7. The van der Waals surface area contributed by atoms with Crippen LogP contribution in [0.4, 0.5) is 4.39 Å². The Hall–Kier alpha value is -3.28. The normalized spacial score (nSPS) is 14.8. The first-order valence-electron chi connectivity index (χ1n) is 10.5. The number of rotatable bonds is 7. The first-order chi connectivity index (χ1) is 14.8. The number of carbonyl (C=O) groups is 1. The van der Waals surface area contributed by atoms with Gasteiger partial charge in [-0.3, -0.25) is 9.59 Å². The molecular weight excluding hydrogens is 393 g/mol. The lowest BCUT2D eigenvalue weighted by Crippen LogP contribution is -2.42. The molecule has 0 radical (unpaired) electrons. The van der Waals surface area contributed by atoms with Crippen molar-refractivity contribution in [2.24, 2.45) is 0 Å². The van der Waals surface area contributed by atoms with Crippen molar-refractivity contribution in [1.29, 1.82) is 0 Å². The van der Waals surface area contributed by atoms with Crippen LogP contribution in [0, 0.1) is 5.82 Å². The Morgan fingerprint density at radius 3 is 2.48 bits per heavy atom. The molecule has 2 aromatic carbocycles. The third-order valence-corrected chi connectivity index (χ3v) is 5.83. The molecule has 0 spiro atoms. The minimum Gasteiger partial charge on any atom is -0.348 e. The molecule has 0 aliphatic heterocycles. The summed E-state index contributed by atoms with van der Waals surface area (Å²) in [5, 5.41) is 3.13. The molecule has 1 aliphatic carbocycles. The SMILES string of the molecule is CC(C)(C(=O)NC(Cc1cc(=O)[nH]c(C2CC2)n1)c1ccccc1)c1ccc(F)cc1. The maximum Gasteiger partial charge on any atom is 0.251 e. The van der Waals surface area contributed by atoms with E-state index in [1.807, 2.05) is 44.2 Å². The van der Waals surface area contributed by atoms with Crippen molar-refractivity contribution in [3.05, 3.63) is 99.5 Å². The van der Waals surface area contributed by atoms with Crippen molar-refractivity contribution in [3.8, 4) is 0 Å². The second kappa shape index (κ2) is 8.46. The summed E-state index contributed by atoms with van der Waals surface area (Å²) in [5.74, 6) is 0.538. The van der Waals surface area contributed by atoms with Gasteiger partial charge >= 0.3 is 0 Å². The molecule has 5 nitrogen and oxygen atoms in total. The number of hydrogen-bond donors (Lipinski definition) is 2. The van der Waals surface area contributed by atoms with Crippen LogP contribution in [0.25, 0.3) is 0 Å². The lowest BCUT2D eigenvalue weighted by Gasteiger charge is -2.28. The van der Waals surface area contributed by atoms with Crippen molar-refractivity contribution in [2.45, 2.75) is 50.5 Å². The maximum atomic E-state index is 13.3. The number of aromatic amines is 1. The van der Waals surface area contributed by atoms with Gasteiger partial charge in [-0.05, 0) is 49.9 Å². The van der Waals surface area contributed by atoms with Gasteiger partial charge in [0, 0.05) is 18.4 Å². The Morgan fingerprint density at radius 2 is 1.84 bits per heavy atom. The lowest BCUT2D eigenvalue weighted by atomic mass is 9.83. The average Bonchev–Trinajstić information content (AvgIpc) is 3.59. The lowest BCUT2D eigenvalue weighted by molar-refractivity contribution is -0.126. The van der Waals surface area contributed by atoms with Crippen molar-refractivity contribution in [2.75, 3.05) is 0 Å². The molecule has 1 saturated carbocycles. The van der Waals surface area contributed by atoms with E-state index in [9.17, 15) is 14.0 Å². The number of aromatic nitrogens is 2. The summed E-state index contributed by atoms with van der Waals surface area (Å²) < 4.78 is 13.3. The van der Waals surface area contributed by atoms with Crippen LogP contribution in [-0.2, 0) is 16.6 Å². The second-order valence-corrected chi connectivity index (χ2v) is 8.67. The molecule has 4 rings (SSSR count). The van der Waals surface area contributed by atoms with E-state index in [2.05, 4.69) is 15.3 Å². The Labute approximate surface area is 180 Å². The van der Waals surface area contributed by atoms with Gasteiger partial charge in [-0.25, -0.2) is 9.37 Å². The number of carbonyl (C=O) groups excluding carboxylic acids is 1. The molecule has 1 heterocycles. The fraction of sp³-hybridized carbons (Fsp3) is 0.320. The van der Waals surface area contributed by atoms with Crippen molar-refractivity contribution >= 4 is 5.91 Å². The Bertz CT molecular complexity index is 1120. The number of nitrogens with zero attached hydrogens (tertiary/aromatic N) is 1. The van der Waals surface area contributed by atoms with E-state index in [-0.39, 0.29) is 23.3 Å². The van der Waals surface area contributed by atoms with E-state index >= 15 is 0 Å². The summed E-state index contributed by atoms with van der Waals surface area (Å²) in [6, 6.07) is 16.8. The molecule has 6 heteroatoms. The van der Waals surface area contributed by atoms with Crippen LogP contribution < -0.4 is 10.9 Å². The zero-order valence-electron chi connectivity index (χ0n) is 17.7. The highest BCUT2D eigenvalue weighted by molar-refractivity contribution is 5.87. The van der Waals surface area contributed by atoms with E-state index in [1.165, 1.54) is 18.2 Å². The highest BCUT2D eigenvalue weighted by atomic mass is 19.1. The number of benzene rings is 2. The highest BCUT2D eigenvalue weighted by Gasteiger charge is 2.32. The molecule has 2 N–H and O–H groups in total. The van der Waals surface area contributed by atoms with Crippen LogP contribution >= 0.6 is 0 Å². The first kappa shape index (κ1) is 21.0. The molecule has 0 saturated heterocycles. The van der Waals surface area contributed by atoms with Crippen molar-refractivity contribution < 1.29 is 9.18 Å². The fourth-order valence-electron chi connectivity index (χ4n) is 3.67. The van der Waals surface area contributed by atoms with Crippen LogP contribution in [-0.4, -0.2) is 15.9 Å². The van der Waals surface area contributed by atoms with Gasteiger partial charge in [0.1, 0.15) is 11.6 Å². The molecule has 1 fully saturated rings. The summed E-state index contributed by atoms with van der Waals surface area (Å²) in [5.41, 5.74) is 1.28. The van der Waals surface area contributed by atoms with Crippen LogP contribution in [0.15, 0.2) is 65.5 Å². The van der Waals surface area contributed by atoms with Crippen LogP contribution in [0.3, 0.4) is 0 Å². The first-order valence-corrected chi connectivity index (χ1v) is 10.5. The molecule has 1 atom stereocenters. The molecule has 3 aromatic rings. The minimum absolute atomic E-state index is 0.170. The minimum atomic E-state index is -0.860. The fourth-order valence-corrected chi connectivity index (χ4v) is 3.67. The molecule has 160 valence electrons. The van der Waals surface area contributed by atoms with Gasteiger partial charge < -0.3 is 10.3 Å². The standard InChI is InChI=1S/C25H26FN3O2/c1-25(2,18-10-12-19(26)13-11-18)24(31)28-21(16-6-4-3-5-7-16)14-20-15-22(30)29-23(27-20)17-8-9-17/h3-7,10-13,15,17,21H,8-9,14H2,1-2H3,(H,28,31)(H,27,29,30). The average molecular weight is 420 g/mol. The highest BCUT2D eigenvalue weighted by Crippen LogP contribution is 2.37. The summed E-state index contributed by atoms with van der Waals surface area (Å²) >= 11 is 0. The summed E-state index contributed by atoms with van der Waals surface area (Å²) in [4.78, 5) is 32.9. The molecule has 1 aromatic heterocycles. The van der Waals surface area contributed by atoms with Gasteiger partial charge in [0.15, 0.2) is 0 Å². The van der Waals surface area contributed by atoms with E-state index in [4.69, 9.17) is 0 Å². The van der Waals surface area contributed by atoms with Crippen molar-refractivity contribution in [1.82, 2.24) is 15.3 Å². The number of halogens is 1. The van der Waals surface area contributed by atoms with Gasteiger partial charge in [0.2, 0.25) is 5.91 Å². The van der Waals surface area contributed by atoms with Crippen LogP contribution in [0.5, 0.6) is 0 Å². The molecule has 0 bridgehead atoms. The number of nitrogens with one attached hydrogen (secondary N) is 2. The molecule has 1 unspecified atom stereocenters. The quantitative estimate of drug-likeness (QED) is 0.604. The van der Waals surface area contributed by atoms with Crippen LogP contribution in [0.1, 0.15) is 61.3 Å². The maximum absolute atomic E-state index is 13.3. The van der Waals surface area contributed by atoms with Gasteiger partial charge in [-0.15, -0.1) is 0 Å². The van der Waals surface area contributed by atoms with Gasteiger partial charge in [0.25, 0.3) is 5.56 Å². The van der Waals surface area contributed by atoms with Crippen molar-refractivity contribution in [3.63, 3.8) is 0 Å². The predicted molar refractivity (Wildman–Crippen MR) is 117 cm³/mol. The monoisotopic (exact) mass is 419 g/mol. The third kappa shape index (κ3) is 4.90. The zero-order chi connectivity index (χ0) is 22.0. The second-order valence-electron chi connectivity index (χ2n) is 8.67. The van der Waals surface area contributed by atoms with Crippen LogP contribution in [0.2, 0.25) is 0 Å². The third-order valence-electron chi connectivity index (χ3n) is 5.83. The molecule has 1 amide bonds. The smallest absolute Gasteiger partial charge is 0.251 e. The number of hydrogen-bond acceptors (Lipinski definition) is 3. The molecular formula is C25H26FN3O2. The summed E-state index contributed by atoms with van der Waals surface area (Å²) in [7, 11) is 0. The molecule has 1 aliphatic rings. The Balaban J connectivity index is 1.61. The predicted octanol–water partition coefficient (Wildman–Crippen LogP) is 4.16. The topological polar surface area (TPSA) is 74.8 Å². The summed E-state index contributed by atoms with van der Waals surface area (Å²) in [6.07, 6.45) is 2.48. The van der Waals surface area contributed by atoms with E-state index in [0.717, 1.165) is 29.8 Å². The summed E-state index contributed by atoms with van der Waals surface area (Å²) in [6.45, 7) is 3.63. The van der Waals surface area contributed by atoms with E-state index in [0.29, 0.717) is 18.0 Å². The van der Waals surface area contributed by atoms with E-state index in [1.54, 1.807) is 12.1 Å². The largest absolute Gasteiger partial charge is 0.348 e. The van der Waals surface area contributed by atoms with Gasteiger partial charge in [-0.2, -0.15) is 0 Å². The number of amides is 1. The Kier molecular flexibility index (Phi) is 5.72. The Morgan fingerprint density at radius 1 is 1.16 bits per heavy atom. The van der Waals surface area contributed by atoms with Gasteiger partial charge in [-0.1, -0.05) is 42.5 Å². The molecule has 31 heavy (non-hydrogen) atoms. The van der Waals surface area contributed by atoms with Gasteiger partial charge in [0.05, 0.1) is 17.2 Å². The number of H-pyrrole nitrogens is 1. The van der Waals surface area contributed by atoms with E-state index < -0.39 is 5.41 Å².